The van der Waals surface area contributed by atoms with Crippen LogP contribution in [-0.4, -0.2) is 31.1 Å². The Morgan fingerprint density at radius 1 is 1.40 bits per heavy atom. The first-order valence-corrected chi connectivity index (χ1v) is 7.77. The summed E-state index contributed by atoms with van der Waals surface area (Å²) < 4.78 is 22.9. The van der Waals surface area contributed by atoms with E-state index in [0.29, 0.717) is 6.42 Å². The van der Waals surface area contributed by atoms with Crippen molar-refractivity contribution in [2.24, 2.45) is 5.92 Å². The van der Waals surface area contributed by atoms with Crippen molar-refractivity contribution in [1.82, 2.24) is 0 Å². The quantitative estimate of drug-likeness (QED) is 0.806. The maximum absolute atomic E-state index is 11.4. The van der Waals surface area contributed by atoms with E-state index in [-0.39, 0.29) is 17.3 Å². The minimum Gasteiger partial charge on any atom is -0.393 e. The molecule has 0 aromatic rings. The molecule has 15 heavy (non-hydrogen) atoms. The standard InChI is InChI=1S/C11H22O3S/c1-3-5-11(12)9-6-4-7-10(8-9)15(2,13)14/h9-12H,3-8H2,1-2H3. The Morgan fingerprint density at radius 2 is 2.07 bits per heavy atom. The lowest BCUT2D eigenvalue weighted by molar-refractivity contribution is 0.0774. The zero-order valence-electron chi connectivity index (χ0n) is 9.65. The van der Waals surface area contributed by atoms with Gasteiger partial charge in [-0.3, -0.25) is 0 Å². The molecule has 3 unspecified atom stereocenters. The lowest BCUT2D eigenvalue weighted by Gasteiger charge is -2.31. The van der Waals surface area contributed by atoms with Crippen LogP contribution >= 0.6 is 0 Å². The zero-order chi connectivity index (χ0) is 11.5. The Balaban J connectivity index is 2.56. The fourth-order valence-electron chi connectivity index (χ4n) is 2.45. The van der Waals surface area contributed by atoms with Gasteiger partial charge in [-0.2, -0.15) is 0 Å². The van der Waals surface area contributed by atoms with Gasteiger partial charge in [-0.15, -0.1) is 0 Å². The van der Waals surface area contributed by atoms with Crippen molar-refractivity contribution in [2.75, 3.05) is 6.26 Å². The van der Waals surface area contributed by atoms with E-state index >= 15 is 0 Å². The fraction of sp³-hybridized carbons (Fsp3) is 1.00. The van der Waals surface area contributed by atoms with Gasteiger partial charge in [-0.1, -0.05) is 19.8 Å². The average molecular weight is 234 g/mol. The highest BCUT2D eigenvalue weighted by Gasteiger charge is 2.31. The summed E-state index contributed by atoms with van der Waals surface area (Å²) >= 11 is 0. The molecule has 0 spiro atoms. The number of sulfone groups is 1. The van der Waals surface area contributed by atoms with Crippen LogP contribution in [0.25, 0.3) is 0 Å². The Hall–Kier alpha value is -0.0900. The SMILES string of the molecule is CCCC(O)C1CCCC(S(C)(=O)=O)C1. The molecule has 0 amide bonds. The van der Waals surface area contributed by atoms with Crippen LogP contribution in [-0.2, 0) is 9.84 Å². The Labute approximate surface area is 92.8 Å². The van der Waals surface area contributed by atoms with E-state index in [1.165, 1.54) is 6.26 Å². The van der Waals surface area contributed by atoms with Gasteiger partial charge in [0.2, 0.25) is 0 Å². The molecule has 0 aromatic carbocycles. The molecule has 1 aliphatic rings. The molecular formula is C11H22O3S. The van der Waals surface area contributed by atoms with Gasteiger partial charge in [-0.05, 0) is 31.6 Å². The van der Waals surface area contributed by atoms with Gasteiger partial charge in [0.05, 0.1) is 11.4 Å². The van der Waals surface area contributed by atoms with Crippen LogP contribution in [0.2, 0.25) is 0 Å². The van der Waals surface area contributed by atoms with Gasteiger partial charge in [0.25, 0.3) is 0 Å². The van der Waals surface area contributed by atoms with Crippen molar-refractivity contribution in [1.29, 1.82) is 0 Å². The molecule has 1 aliphatic carbocycles. The summed E-state index contributed by atoms with van der Waals surface area (Å²) in [5, 5.41) is 9.64. The second kappa shape index (κ2) is 5.30. The predicted octanol–water partition coefficient (Wildman–Crippen LogP) is 1.75. The van der Waals surface area contributed by atoms with Gasteiger partial charge < -0.3 is 5.11 Å². The molecule has 0 saturated heterocycles. The first-order chi connectivity index (χ1) is 6.95. The van der Waals surface area contributed by atoms with Gasteiger partial charge in [-0.25, -0.2) is 8.42 Å². The van der Waals surface area contributed by atoms with Crippen molar-refractivity contribution in [2.45, 2.75) is 56.8 Å². The number of aliphatic hydroxyl groups is 1. The maximum Gasteiger partial charge on any atom is 0.150 e. The molecule has 0 heterocycles. The van der Waals surface area contributed by atoms with Gasteiger partial charge >= 0.3 is 0 Å². The highest BCUT2D eigenvalue weighted by molar-refractivity contribution is 7.91. The molecule has 1 saturated carbocycles. The minimum atomic E-state index is -2.92. The summed E-state index contributed by atoms with van der Waals surface area (Å²) in [6, 6.07) is 0. The summed E-state index contributed by atoms with van der Waals surface area (Å²) in [6.07, 6.45) is 6.10. The molecule has 0 aliphatic heterocycles. The Kier molecular flexibility index (Phi) is 4.59. The first-order valence-electron chi connectivity index (χ1n) is 5.82. The largest absolute Gasteiger partial charge is 0.393 e. The fourth-order valence-corrected chi connectivity index (χ4v) is 3.64. The number of hydrogen-bond acceptors (Lipinski definition) is 3. The first kappa shape index (κ1) is 13.0. The lowest BCUT2D eigenvalue weighted by Crippen LogP contribution is -2.33. The average Bonchev–Trinajstić information content (AvgIpc) is 2.17. The minimum absolute atomic E-state index is 0.193. The second-order valence-corrected chi connectivity index (χ2v) is 7.06. The van der Waals surface area contributed by atoms with Crippen LogP contribution in [0.5, 0.6) is 0 Å². The van der Waals surface area contributed by atoms with Gasteiger partial charge in [0.1, 0.15) is 9.84 Å². The van der Waals surface area contributed by atoms with Crippen molar-refractivity contribution in [3.8, 4) is 0 Å². The molecule has 1 N–H and O–H groups in total. The number of aliphatic hydroxyl groups excluding tert-OH is 1. The molecular weight excluding hydrogens is 212 g/mol. The van der Waals surface area contributed by atoms with Crippen molar-refractivity contribution >= 4 is 9.84 Å². The summed E-state index contributed by atoms with van der Waals surface area (Å²) in [5.41, 5.74) is 0. The molecule has 0 bridgehead atoms. The van der Waals surface area contributed by atoms with Gasteiger partial charge in [0.15, 0.2) is 0 Å². The molecule has 0 aromatic heterocycles. The van der Waals surface area contributed by atoms with Crippen molar-refractivity contribution in [3.05, 3.63) is 0 Å². The monoisotopic (exact) mass is 234 g/mol. The van der Waals surface area contributed by atoms with Crippen LogP contribution in [0.15, 0.2) is 0 Å². The van der Waals surface area contributed by atoms with Crippen LogP contribution in [0.4, 0.5) is 0 Å². The third-order valence-electron chi connectivity index (χ3n) is 3.40. The van der Waals surface area contributed by atoms with E-state index in [9.17, 15) is 13.5 Å². The van der Waals surface area contributed by atoms with E-state index in [1.54, 1.807) is 0 Å². The van der Waals surface area contributed by atoms with E-state index in [1.807, 2.05) is 6.92 Å². The van der Waals surface area contributed by atoms with Gasteiger partial charge in [0, 0.05) is 6.26 Å². The molecule has 90 valence electrons. The smallest absolute Gasteiger partial charge is 0.150 e. The third kappa shape index (κ3) is 3.76. The van der Waals surface area contributed by atoms with E-state index in [4.69, 9.17) is 0 Å². The van der Waals surface area contributed by atoms with Crippen molar-refractivity contribution in [3.63, 3.8) is 0 Å². The van der Waals surface area contributed by atoms with E-state index < -0.39 is 9.84 Å². The van der Waals surface area contributed by atoms with Crippen LogP contribution < -0.4 is 0 Å². The molecule has 3 nitrogen and oxygen atoms in total. The maximum atomic E-state index is 11.4. The molecule has 4 heteroatoms. The highest BCUT2D eigenvalue weighted by Crippen LogP contribution is 2.31. The lowest BCUT2D eigenvalue weighted by atomic mass is 9.83. The Bertz CT molecular complexity index is 284. The summed E-state index contributed by atoms with van der Waals surface area (Å²) in [6.45, 7) is 2.04. The molecule has 1 fully saturated rings. The summed E-state index contributed by atoms with van der Waals surface area (Å²) in [4.78, 5) is 0. The normalized spacial score (nSPS) is 30.1. The van der Waals surface area contributed by atoms with Crippen LogP contribution in [0, 0.1) is 5.92 Å². The predicted molar refractivity (Wildman–Crippen MR) is 61.5 cm³/mol. The topological polar surface area (TPSA) is 54.4 Å². The molecule has 3 atom stereocenters. The van der Waals surface area contributed by atoms with E-state index in [0.717, 1.165) is 32.1 Å². The summed E-state index contributed by atoms with van der Waals surface area (Å²) in [5.74, 6) is 0.193. The zero-order valence-corrected chi connectivity index (χ0v) is 10.5. The molecule has 1 rings (SSSR count). The van der Waals surface area contributed by atoms with Crippen molar-refractivity contribution < 1.29 is 13.5 Å². The molecule has 0 radical (unpaired) electrons. The highest BCUT2D eigenvalue weighted by atomic mass is 32.2. The second-order valence-electron chi connectivity index (χ2n) is 4.73. The van der Waals surface area contributed by atoms with E-state index in [2.05, 4.69) is 0 Å². The third-order valence-corrected chi connectivity index (χ3v) is 5.04. The van der Waals surface area contributed by atoms with Crippen LogP contribution in [0.3, 0.4) is 0 Å². The number of hydrogen-bond donors (Lipinski definition) is 1. The van der Waals surface area contributed by atoms with Crippen LogP contribution in [0.1, 0.15) is 45.4 Å². The summed E-state index contributed by atoms with van der Waals surface area (Å²) in [7, 11) is -2.92. The Morgan fingerprint density at radius 3 is 2.60 bits per heavy atom. The number of rotatable bonds is 4.